The number of rotatable bonds is 5. The maximum atomic E-state index is 5.99. The van der Waals surface area contributed by atoms with Crippen molar-refractivity contribution >= 4 is 15.9 Å². The van der Waals surface area contributed by atoms with Crippen LogP contribution in [0.15, 0.2) is 22.7 Å². The smallest absolute Gasteiger partial charge is 0.123 e. The van der Waals surface area contributed by atoms with Gasteiger partial charge in [0.15, 0.2) is 0 Å². The standard InChI is InChI=1S/C16H25BrN2O/c1-16(2)7-6-12(9-16)19-14(10-18)13-8-11(17)4-5-15(13)20-3/h4-5,8,12,14,19H,6-7,9-10,18H2,1-3H3. The molecule has 0 amide bonds. The molecule has 2 rings (SSSR count). The van der Waals surface area contributed by atoms with Gasteiger partial charge in [0.2, 0.25) is 0 Å². The SMILES string of the molecule is COc1ccc(Br)cc1C(CN)NC1CCC(C)(C)C1. The molecular formula is C16H25BrN2O. The van der Waals surface area contributed by atoms with Gasteiger partial charge in [0.25, 0.3) is 0 Å². The van der Waals surface area contributed by atoms with Crippen molar-refractivity contribution in [3.05, 3.63) is 28.2 Å². The van der Waals surface area contributed by atoms with Crippen LogP contribution in [0.1, 0.15) is 44.7 Å². The quantitative estimate of drug-likeness (QED) is 0.860. The van der Waals surface area contributed by atoms with E-state index in [-0.39, 0.29) is 6.04 Å². The van der Waals surface area contributed by atoms with E-state index < -0.39 is 0 Å². The summed E-state index contributed by atoms with van der Waals surface area (Å²) in [6.07, 6.45) is 3.71. The molecule has 0 aliphatic heterocycles. The Morgan fingerprint density at radius 1 is 1.50 bits per heavy atom. The zero-order valence-electron chi connectivity index (χ0n) is 12.6. The molecular weight excluding hydrogens is 316 g/mol. The molecule has 2 unspecified atom stereocenters. The van der Waals surface area contributed by atoms with Gasteiger partial charge in [-0.2, -0.15) is 0 Å². The molecule has 0 saturated heterocycles. The minimum atomic E-state index is 0.140. The van der Waals surface area contributed by atoms with Crippen LogP contribution in [-0.2, 0) is 0 Å². The maximum Gasteiger partial charge on any atom is 0.123 e. The van der Waals surface area contributed by atoms with Gasteiger partial charge in [-0.25, -0.2) is 0 Å². The van der Waals surface area contributed by atoms with Crippen LogP contribution in [0.3, 0.4) is 0 Å². The van der Waals surface area contributed by atoms with Gasteiger partial charge < -0.3 is 15.8 Å². The summed E-state index contributed by atoms with van der Waals surface area (Å²) >= 11 is 3.53. The van der Waals surface area contributed by atoms with Gasteiger partial charge in [-0.15, -0.1) is 0 Å². The van der Waals surface area contributed by atoms with Gasteiger partial charge in [0.1, 0.15) is 5.75 Å². The van der Waals surface area contributed by atoms with Crippen LogP contribution in [-0.4, -0.2) is 19.7 Å². The summed E-state index contributed by atoms with van der Waals surface area (Å²) in [5, 5.41) is 3.71. The molecule has 2 atom stereocenters. The molecule has 112 valence electrons. The molecule has 3 nitrogen and oxygen atoms in total. The molecule has 0 heterocycles. The van der Waals surface area contributed by atoms with E-state index >= 15 is 0 Å². The van der Waals surface area contributed by atoms with Crippen LogP contribution in [0.4, 0.5) is 0 Å². The van der Waals surface area contributed by atoms with E-state index in [9.17, 15) is 0 Å². The van der Waals surface area contributed by atoms with E-state index in [1.54, 1.807) is 7.11 Å². The van der Waals surface area contributed by atoms with Crippen molar-refractivity contribution in [1.82, 2.24) is 5.32 Å². The van der Waals surface area contributed by atoms with E-state index in [1.165, 1.54) is 19.3 Å². The first kappa shape index (κ1) is 15.8. The van der Waals surface area contributed by atoms with Gasteiger partial charge in [0, 0.05) is 28.7 Å². The summed E-state index contributed by atoms with van der Waals surface area (Å²) in [7, 11) is 1.71. The maximum absolute atomic E-state index is 5.99. The fraction of sp³-hybridized carbons (Fsp3) is 0.625. The monoisotopic (exact) mass is 340 g/mol. The topological polar surface area (TPSA) is 47.3 Å². The fourth-order valence-electron chi connectivity index (χ4n) is 3.13. The van der Waals surface area contributed by atoms with Crippen molar-refractivity contribution < 1.29 is 4.74 Å². The Bertz CT molecular complexity index is 462. The highest BCUT2D eigenvalue weighted by molar-refractivity contribution is 9.10. The van der Waals surface area contributed by atoms with E-state index in [0.29, 0.717) is 18.0 Å². The molecule has 1 aliphatic carbocycles. The van der Waals surface area contributed by atoms with Gasteiger partial charge in [-0.1, -0.05) is 29.8 Å². The lowest BCUT2D eigenvalue weighted by molar-refractivity contribution is 0.348. The van der Waals surface area contributed by atoms with Crippen LogP contribution < -0.4 is 15.8 Å². The third kappa shape index (κ3) is 3.74. The van der Waals surface area contributed by atoms with Crippen molar-refractivity contribution in [3.63, 3.8) is 0 Å². The van der Waals surface area contributed by atoms with Crippen LogP contribution in [0.2, 0.25) is 0 Å². The molecule has 1 aromatic carbocycles. The number of methoxy groups -OCH3 is 1. The van der Waals surface area contributed by atoms with E-state index in [1.807, 2.05) is 12.1 Å². The molecule has 1 fully saturated rings. The summed E-state index contributed by atoms with van der Waals surface area (Å²) in [4.78, 5) is 0. The largest absolute Gasteiger partial charge is 0.496 e. The predicted octanol–water partition coefficient (Wildman–Crippen LogP) is 3.63. The Balaban J connectivity index is 2.14. The highest BCUT2D eigenvalue weighted by atomic mass is 79.9. The number of halogens is 1. The van der Waals surface area contributed by atoms with Crippen LogP contribution >= 0.6 is 15.9 Å². The molecule has 0 bridgehead atoms. The molecule has 20 heavy (non-hydrogen) atoms. The second kappa shape index (κ2) is 6.46. The van der Waals surface area contributed by atoms with Crippen molar-refractivity contribution in [2.24, 2.45) is 11.1 Å². The highest BCUT2D eigenvalue weighted by Crippen LogP contribution is 2.38. The third-order valence-electron chi connectivity index (χ3n) is 4.21. The third-order valence-corrected chi connectivity index (χ3v) is 4.70. The molecule has 3 N–H and O–H groups in total. The van der Waals surface area contributed by atoms with Gasteiger partial charge in [-0.3, -0.25) is 0 Å². The van der Waals surface area contributed by atoms with E-state index in [4.69, 9.17) is 10.5 Å². The van der Waals surface area contributed by atoms with Crippen LogP contribution in [0.25, 0.3) is 0 Å². The fourth-order valence-corrected chi connectivity index (χ4v) is 3.50. The Morgan fingerprint density at radius 3 is 2.80 bits per heavy atom. The van der Waals surface area contributed by atoms with Gasteiger partial charge >= 0.3 is 0 Å². The summed E-state index contributed by atoms with van der Waals surface area (Å²) in [6, 6.07) is 6.77. The van der Waals surface area contributed by atoms with E-state index in [2.05, 4.69) is 41.2 Å². The average Bonchev–Trinajstić information content (AvgIpc) is 2.75. The molecule has 1 aromatic rings. The van der Waals surface area contributed by atoms with Crippen molar-refractivity contribution in [2.45, 2.75) is 45.2 Å². The normalized spacial score (nSPS) is 22.8. The van der Waals surface area contributed by atoms with Crippen molar-refractivity contribution in [2.75, 3.05) is 13.7 Å². The van der Waals surface area contributed by atoms with Gasteiger partial charge in [0.05, 0.1) is 7.11 Å². The first-order chi connectivity index (χ1) is 9.45. The molecule has 1 saturated carbocycles. The zero-order chi connectivity index (χ0) is 14.8. The molecule has 0 aromatic heterocycles. The number of ether oxygens (including phenoxy) is 1. The number of hydrogen-bond acceptors (Lipinski definition) is 3. The minimum Gasteiger partial charge on any atom is -0.496 e. The summed E-state index contributed by atoms with van der Waals surface area (Å²) in [6.45, 7) is 5.25. The molecule has 1 aliphatic rings. The molecule has 0 radical (unpaired) electrons. The van der Waals surface area contributed by atoms with Crippen LogP contribution in [0, 0.1) is 5.41 Å². The lowest BCUT2D eigenvalue weighted by Gasteiger charge is -2.25. The van der Waals surface area contributed by atoms with Crippen molar-refractivity contribution in [1.29, 1.82) is 0 Å². The zero-order valence-corrected chi connectivity index (χ0v) is 14.2. The number of benzene rings is 1. The van der Waals surface area contributed by atoms with E-state index in [0.717, 1.165) is 15.8 Å². The summed E-state index contributed by atoms with van der Waals surface area (Å²) in [5.41, 5.74) is 7.57. The lowest BCUT2D eigenvalue weighted by atomic mass is 9.91. The molecule has 0 spiro atoms. The summed E-state index contributed by atoms with van der Waals surface area (Å²) in [5.74, 6) is 0.897. The lowest BCUT2D eigenvalue weighted by Crippen LogP contribution is -2.36. The first-order valence-corrected chi connectivity index (χ1v) is 8.04. The predicted molar refractivity (Wildman–Crippen MR) is 87.0 cm³/mol. The first-order valence-electron chi connectivity index (χ1n) is 7.25. The minimum absolute atomic E-state index is 0.140. The highest BCUT2D eigenvalue weighted by Gasteiger charge is 2.32. The average molecular weight is 341 g/mol. The Morgan fingerprint density at radius 2 is 2.25 bits per heavy atom. The summed E-state index contributed by atoms with van der Waals surface area (Å²) < 4.78 is 6.53. The second-order valence-electron chi connectivity index (χ2n) is 6.45. The number of hydrogen-bond donors (Lipinski definition) is 2. The number of nitrogens with two attached hydrogens (primary N) is 1. The van der Waals surface area contributed by atoms with Gasteiger partial charge in [-0.05, 0) is 42.9 Å². The second-order valence-corrected chi connectivity index (χ2v) is 7.36. The van der Waals surface area contributed by atoms with Crippen molar-refractivity contribution in [3.8, 4) is 5.75 Å². The Kier molecular flexibility index (Phi) is 5.10. The number of nitrogens with one attached hydrogen (secondary N) is 1. The Labute approximate surface area is 130 Å². The van der Waals surface area contributed by atoms with Crippen LogP contribution in [0.5, 0.6) is 5.75 Å². The Hall–Kier alpha value is -0.580. The molecule has 4 heteroatoms.